The minimum atomic E-state index is -1.43. The van der Waals surface area contributed by atoms with Gasteiger partial charge in [0.25, 0.3) is 0 Å². The number of alkyl halides is 1. The van der Waals surface area contributed by atoms with E-state index < -0.39 is 35.0 Å². The summed E-state index contributed by atoms with van der Waals surface area (Å²) in [5, 5.41) is 12.8. The van der Waals surface area contributed by atoms with Crippen molar-refractivity contribution in [2.75, 3.05) is 51.3 Å². The molecule has 3 saturated heterocycles. The van der Waals surface area contributed by atoms with Crippen molar-refractivity contribution in [2.24, 2.45) is 50.6 Å². The molecule has 1 amide bonds. The molecule has 11 nitrogen and oxygen atoms in total. The lowest BCUT2D eigenvalue weighted by Crippen LogP contribution is -2.61. The summed E-state index contributed by atoms with van der Waals surface area (Å²) in [6, 6.07) is 10.3. The molecule has 0 unspecified atom stereocenters. The summed E-state index contributed by atoms with van der Waals surface area (Å²) < 4.78 is 41.9. The van der Waals surface area contributed by atoms with Gasteiger partial charge in [0.15, 0.2) is 11.6 Å². The van der Waals surface area contributed by atoms with Crippen LogP contribution in [0.25, 0.3) is 10.9 Å². The minimum absolute atomic E-state index is 0.123. The summed E-state index contributed by atoms with van der Waals surface area (Å²) in [5.41, 5.74) is 9.26. The number of halogens is 2. The number of nitrogens with one attached hydrogen (secondary N) is 1. The number of methoxy groups -OCH3 is 1. The van der Waals surface area contributed by atoms with Crippen molar-refractivity contribution < 1.29 is 33.0 Å². The van der Waals surface area contributed by atoms with Crippen molar-refractivity contribution in [1.29, 1.82) is 0 Å². The highest BCUT2D eigenvalue weighted by Gasteiger charge is 2.71. The number of pyridine rings is 1. The Balaban J connectivity index is 0.000000118. The van der Waals surface area contributed by atoms with E-state index in [9.17, 15) is 23.9 Å². The van der Waals surface area contributed by atoms with Gasteiger partial charge in [0.2, 0.25) is 5.43 Å². The highest BCUT2D eigenvalue weighted by Crippen LogP contribution is 2.75. The van der Waals surface area contributed by atoms with Crippen LogP contribution in [0.15, 0.2) is 47.4 Å². The van der Waals surface area contributed by atoms with E-state index >= 15 is 4.39 Å². The van der Waals surface area contributed by atoms with Crippen LogP contribution in [0.1, 0.15) is 100 Å². The number of hydrogen-bond donors (Lipinski definition) is 3. The SMILES string of the molecule is COc1c(N2C[C@H]3C4(CC4)C[C@@]3(N)C2)c(F)cc2c(=O)c(C(=O)O)cn([C@@H]3C[C@@H]3F)c12.C[C@]12CN(C(=O)OCc3ccccc3)C[C@H]1C1(CC1)C2.C[C@]12CNC[C@H]1C1(CC1)C2. The Kier molecular flexibility index (Phi) is 8.54. The van der Waals surface area contributed by atoms with Gasteiger partial charge >= 0.3 is 12.1 Å². The summed E-state index contributed by atoms with van der Waals surface area (Å²) in [6.45, 7) is 10.6. The van der Waals surface area contributed by atoms with E-state index in [2.05, 4.69) is 19.2 Å². The highest BCUT2D eigenvalue weighted by molar-refractivity contribution is 5.97. The fourth-order valence-electron chi connectivity index (χ4n) is 14.3. The third kappa shape index (κ3) is 6.09. The standard InChI is InChI=1S/C22H23F2N3O4.C17H21NO2.C9H15N/c1-31-19-16-10(18(28)11(20(29)30)6-27(16)14-5-12(14)23)4-13(24)17(19)26-7-15-21(2-3-21)8-22(15,25)9-26;1-16-11-17(7-8-17)14(16)9-18(12-16)15(19)20-10-13-5-3-2-4-6-13;1-8-5-9(2-3-9)7(8)4-10-6-8/h4,6,12,14-15H,2-3,5,7-9,25H2,1H3,(H,29,30);2-6,14H,7-12H2,1H3;7,10H,2-6H2,1H3/t12-,14+,15-,22+;14-,16+;7-,8+/m011/s1. The number of amides is 1. The Morgan fingerprint density at radius 2 is 1.59 bits per heavy atom. The molecule has 10 fully saturated rings. The van der Waals surface area contributed by atoms with Crippen molar-refractivity contribution in [3.63, 3.8) is 0 Å². The van der Waals surface area contributed by atoms with Crippen LogP contribution in [0.2, 0.25) is 0 Å². The van der Waals surface area contributed by atoms with Crippen LogP contribution in [0.4, 0.5) is 19.3 Å². The molecule has 10 aliphatic rings. The van der Waals surface area contributed by atoms with Crippen molar-refractivity contribution in [2.45, 2.75) is 102 Å². The monoisotopic (exact) mass is 839 g/mol. The molecule has 1 aromatic heterocycles. The number of benzene rings is 2. The number of fused-ring (bicyclic) bond motifs is 7. The first-order valence-electron chi connectivity index (χ1n) is 22.6. The smallest absolute Gasteiger partial charge is 0.410 e. The lowest BCUT2D eigenvalue weighted by molar-refractivity contribution is -0.00103. The number of aromatic carboxylic acids is 1. The Bertz CT molecular complexity index is 2400. The van der Waals surface area contributed by atoms with E-state index in [-0.39, 0.29) is 51.7 Å². The van der Waals surface area contributed by atoms with E-state index in [1.807, 2.05) is 40.1 Å². The predicted molar refractivity (Wildman–Crippen MR) is 226 cm³/mol. The summed E-state index contributed by atoms with van der Waals surface area (Å²) in [4.78, 5) is 40.4. The second kappa shape index (κ2) is 13.2. The number of carbonyl (C=O) groups excluding carboxylic acids is 1. The number of nitrogens with zero attached hydrogens (tertiary/aromatic N) is 3. The Hall–Kier alpha value is -4.23. The molecule has 7 saturated carbocycles. The second-order valence-corrected chi connectivity index (χ2v) is 21.8. The lowest BCUT2D eigenvalue weighted by atomic mass is 9.54. The van der Waals surface area contributed by atoms with E-state index in [4.69, 9.17) is 15.2 Å². The number of ether oxygens (including phenoxy) is 2. The van der Waals surface area contributed by atoms with Gasteiger partial charge in [-0.15, -0.1) is 0 Å². The zero-order valence-corrected chi connectivity index (χ0v) is 35.6. The summed E-state index contributed by atoms with van der Waals surface area (Å²) in [5.74, 6) is 0.0844. The molecule has 0 radical (unpaired) electrons. The Labute approximate surface area is 355 Å². The van der Waals surface area contributed by atoms with E-state index in [0.29, 0.717) is 30.5 Å². The summed E-state index contributed by atoms with van der Waals surface area (Å²) in [6.07, 6.45) is 11.9. The number of likely N-dealkylation sites (tertiary alicyclic amines) is 1. The van der Waals surface area contributed by atoms with E-state index in [1.54, 1.807) is 0 Å². The predicted octanol–water partition coefficient (Wildman–Crippen LogP) is 7.29. The number of nitrogens with two attached hydrogens (primary N) is 1. The molecule has 3 spiro atoms. The third-order valence-electron chi connectivity index (χ3n) is 17.6. The van der Waals surface area contributed by atoms with Gasteiger partial charge in [-0.2, -0.15) is 0 Å². The topological polar surface area (TPSA) is 139 Å². The summed E-state index contributed by atoms with van der Waals surface area (Å²) in [7, 11) is 1.38. The van der Waals surface area contributed by atoms with Crippen LogP contribution in [0.3, 0.4) is 0 Å². The van der Waals surface area contributed by atoms with Gasteiger partial charge in [0.05, 0.1) is 24.1 Å². The zero-order valence-electron chi connectivity index (χ0n) is 35.6. The fourth-order valence-corrected chi connectivity index (χ4v) is 14.3. The summed E-state index contributed by atoms with van der Waals surface area (Å²) >= 11 is 0. The van der Waals surface area contributed by atoms with Crippen LogP contribution in [0, 0.1) is 50.6 Å². The van der Waals surface area contributed by atoms with Gasteiger partial charge in [-0.1, -0.05) is 44.2 Å². The molecule has 3 aliphatic heterocycles. The molecular weight excluding hydrogens is 781 g/mol. The Morgan fingerprint density at radius 3 is 2.21 bits per heavy atom. The zero-order chi connectivity index (χ0) is 42.5. The Morgan fingerprint density at radius 1 is 0.934 bits per heavy atom. The highest BCUT2D eigenvalue weighted by atomic mass is 19.1. The van der Waals surface area contributed by atoms with Crippen LogP contribution < -0.4 is 26.1 Å². The van der Waals surface area contributed by atoms with Crippen molar-refractivity contribution in [3.8, 4) is 5.75 Å². The van der Waals surface area contributed by atoms with Crippen molar-refractivity contribution in [3.05, 3.63) is 69.8 Å². The first kappa shape index (κ1) is 39.6. The molecular formula is C48H59F2N5O6. The van der Waals surface area contributed by atoms with Crippen LogP contribution >= 0.6 is 0 Å². The molecule has 7 aliphatic carbocycles. The average molecular weight is 840 g/mol. The number of hydrogen-bond acceptors (Lipinski definition) is 8. The molecule has 13 heteroatoms. The largest absolute Gasteiger partial charge is 0.492 e. The molecule has 4 heterocycles. The molecule has 4 N–H and O–H groups in total. The number of carboxylic acid groups (broad SMARTS) is 1. The maximum absolute atomic E-state index is 15.4. The average Bonchev–Trinajstić information content (AvgIpc) is 4.09. The number of rotatable bonds is 6. The van der Waals surface area contributed by atoms with Gasteiger partial charge in [0, 0.05) is 56.8 Å². The maximum atomic E-state index is 15.4. The van der Waals surface area contributed by atoms with E-state index in [0.717, 1.165) is 72.8 Å². The van der Waals surface area contributed by atoms with Crippen molar-refractivity contribution >= 4 is 28.7 Å². The van der Waals surface area contributed by atoms with Gasteiger partial charge in [-0.25, -0.2) is 18.4 Å². The molecule has 0 bridgehead atoms. The third-order valence-corrected chi connectivity index (χ3v) is 17.6. The first-order valence-corrected chi connectivity index (χ1v) is 22.6. The number of aromatic nitrogens is 1. The van der Waals surface area contributed by atoms with Gasteiger partial charge < -0.3 is 40.0 Å². The van der Waals surface area contributed by atoms with Gasteiger partial charge in [-0.05, 0) is 115 Å². The lowest BCUT2D eigenvalue weighted by Gasteiger charge is -2.50. The number of anilines is 1. The quantitative estimate of drug-likeness (QED) is 0.234. The molecule has 2 aromatic carbocycles. The van der Waals surface area contributed by atoms with Crippen molar-refractivity contribution in [1.82, 2.24) is 14.8 Å². The van der Waals surface area contributed by atoms with Crippen LogP contribution in [0.5, 0.6) is 5.75 Å². The molecule has 326 valence electrons. The fraction of sp³-hybridized carbons (Fsp3) is 0.646. The number of carbonyl (C=O) groups is 2. The molecule has 8 atom stereocenters. The van der Waals surface area contributed by atoms with Crippen LogP contribution in [-0.2, 0) is 11.3 Å². The van der Waals surface area contributed by atoms with E-state index in [1.165, 1.54) is 63.3 Å². The van der Waals surface area contributed by atoms with Crippen LogP contribution in [-0.4, -0.2) is 84.7 Å². The second-order valence-electron chi connectivity index (χ2n) is 21.8. The number of carboxylic acids is 1. The minimum Gasteiger partial charge on any atom is -0.492 e. The normalized spacial score (nSPS) is 35.9. The molecule has 3 aromatic rings. The first-order chi connectivity index (χ1) is 29.1. The van der Waals surface area contributed by atoms with Gasteiger partial charge in [-0.3, -0.25) is 4.79 Å². The molecule has 61 heavy (non-hydrogen) atoms. The van der Waals surface area contributed by atoms with Gasteiger partial charge in [0.1, 0.15) is 24.0 Å². The maximum Gasteiger partial charge on any atom is 0.410 e. The molecule has 13 rings (SSSR count).